The first-order valence-corrected chi connectivity index (χ1v) is 13.5. The van der Waals surface area contributed by atoms with E-state index in [4.69, 9.17) is 4.74 Å². The Morgan fingerprint density at radius 1 is 1.14 bits per heavy atom. The van der Waals surface area contributed by atoms with Gasteiger partial charge in [0.1, 0.15) is 24.0 Å². The van der Waals surface area contributed by atoms with Crippen molar-refractivity contribution in [1.29, 1.82) is 0 Å². The number of nitrogens with one attached hydrogen (secondary N) is 1. The molecule has 0 aliphatic carbocycles. The Hall–Kier alpha value is -3.67. The van der Waals surface area contributed by atoms with E-state index in [1.807, 2.05) is 26.8 Å². The molecule has 2 amide bonds. The van der Waals surface area contributed by atoms with Gasteiger partial charge in [-0.25, -0.2) is 8.42 Å². The molecule has 0 heterocycles. The molecule has 1 atom stereocenters. The summed E-state index contributed by atoms with van der Waals surface area (Å²) in [6, 6.07) is 11.6. The molecule has 0 fully saturated rings. The topological polar surface area (TPSA) is 139 Å². The molecule has 0 bridgehead atoms. The summed E-state index contributed by atoms with van der Waals surface area (Å²) in [6.45, 7) is 6.58. The second kappa shape index (κ2) is 12.0. The van der Waals surface area contributed by atoms with Crippen molar-refractivity contribution in [3.8, 4) is 5.75 Å². The lowest BCUT2D eigenvalue weighted by Crippen LogP contribution is -2.55. The molecule has 0 aliphatic heterocycles. The summed E-state index contributed by atoms with van der Waals surface area (Å²) < 4.78 is 31.6. The summed E-state index contributed by atoms with van der Waals surface area (Å²) in [4.78, 5) is 38.9. The lowest BCUT2D eigenvalue weighted by atomic mass is 10.1. The number of rotatable bonds is 11. The highest BCUT2D eigenvalue weighted by atomic mass is 32.2. The maximum absolute atomic E-state index is 13.7. The number of nitro groups is 1. The highest BCUT2D eigenvalue weighted by Gasteiger charge is 2.34. The standard InChI is InChI=1S/C25H34N4O7S/c1-7-20(24(31)26-25(2,3)4)27(16-18-11-9-8-10-12-18)23(30)17-28(37(6,34)35)21-15-19(29(32)33)13-14-22(21)36-5/h8-15,20H,7,16-17H2,1-6H3,(H,26,31)/t20-/m1/s1. The molecule has 2 aromatic carbocycles. The number of nitrogens with zero attached hydrogens (tertiary/aromatic N) is 3. The Morgan fingerprint density at radius 2 is 1.76 bits per heavy atom. The molecular weight excluding hydrogens is 500 g/mol. The zero-order chi connectivity index (χ0) is 28.0. The van der Waals surface area contributed by atoms with Gasteiger partial charge in [-0.15, -0.1) is 0 Å². The summed E-state index contributed by atoms with van der Waals surface area (Å²) in [7, 11) is -2.80. The van der Waals surface area contributed by atoms with Crippen molar-refractivity contribution >= 4 is 33.2 Å². The summed E-state index contributed by atoms with van der Waals surface area (Å²) >= 11 is 0. The third kappa shape index (κ3) is 8.17. The van der Waals surface area contributed by atoms with Gasteiger partial charge >= 0.3 is 0 Å². The summed E-state index contributed by atoms with van der Waals surface area (Å²) in [5, 5.41) is 14.2. The Labute approximate surface area is 217 Å². The molecule has 0 saturated heterocycles. The third-order valence-electron chi connectivity index (χ3n) is 5.40. The number of carbonyl (C=O) groups is 2. The van der Waals surface area contributed by atoms with Crippen molar-refractivity contribution < 1.29 is 27.7 Å². The van der Waals surface area contributed by atoms with E-state index >= 15 is 0 Å². The number of anilines is 1. The first-order chi connectivity index (χ1) is 17.2. The number of non-ortho nitro benzene ring substituents is 1. The maximum Gasteiger partial charge on any atom is 0.271 e. The van der Waals surface area contributed by atoms with Crippen LogP contribution in [0.5, 0.6) is 5.75 Å². The Bertz CT molecular complexity index is 1230. The number of hydrogen-bond donors (Lipinski definition) is 1. The number of hydrogen-bond acceptors (Lipinski definition) is 7. The van der Waals surface area contributed by atoms with Crippen LogP contribution in [0, 0.1) is 10.1 Å². The number of carbonyl (C=O) groups excluding carboxylic acids is 2. The van der Waals surface area contributed by atoms with Crippen molar-refractivity contribution in [3.63, 3.8) is 0 Å². The van der Waals surface area contributed by atoms with Crippen LogP contribution >= 0.6 is 0 Å². The minimum absolute atomic E-state index is 0.0379. The van der Waals surface area contributed by atoms with E-state index in [9.17, 15) is 28.1 Å². The monoisotopic (exact) mass is 534 g/mol. The molecule has 202 valence electrons. The Balaban J connectivity index is 2.56. The first-order valence-electron chi connectivity index (χ1n) is 11.6. The second-order valence-corrected chi connectivity index (χ2v) is 11.5. The van der Waals surface area contributed by atoms with Gasteiger partial charge < -0.3 is 15.0 Å². The average Bonchev–Trinajstić information content (AvgIpc) is 2.80. The fraction of sp³-hybridized carbons (Fsp3) is 0.440. The lowest BCUT2D eigenvalue weighted by molar-refractivity contribution is -0.384. The van der Waals surface area contributed by atoms with Crippen LogP contribution < -0.4 is 14.4 Å². The zero-order valence-corrected chi connectivity index (χ0v) is 22.7. The highest BCUT2D eigenvalue weighted by Crippen LogP contribution is 2.34. The minimum Gasteiger partial charge on any atom is -0.495 e. The Kier molecular flexibility index (Phi) is 9.62. The largest absolute Gasteiger partial charge is 0.495 e. The fourth-order valence-electron chi connectivity index (χ4n) is 3.73. The normalized spacial score (nSPS) is 12.4. The van der Waals surface area contributed by atoms with Gasteiger partial charge in [-0.05, 0) is 38.8 Å². The number of nitro benzene ring substituents is 1. The van der Waals surface area contributed by atoms with Gasteiger partial charge in [0.15, 0.2) is 0 Å². The molecule has 1 N–H and O–H groups in total. The molecular formula is C25H34N4O7S. The first kappa shape index (κ1) is 29.6. The van der Waals surface area contributed by atoms with Gasteiger partial charge in [-0.1, -0.05) is 37.3 Å². The van der Waals surface area contributed by atoms with Gasteiger partial charge in [0.05, 0.1) is 18.3 Å². The molecule has 0 spiro atoms. The SMILES string of the molecule is CC[C@H](C(=O)NC(C)(C)C)N(Cc1ccccc1)C(=O)CN(c1cc([N+](=O)[O-])ccc1OC)S(C)(=O)=O. The second-order valence-electron chi connectivity index (χ2n) is 9.55. The highest BCUT2D eigenvalue weighted by molar-refractivity contribution is 7.92. The predicted molar refractivity (Wildman–Crippen MR) is 141 cm³/mol. The summed E-state index contributed by atoms with van der Waals surface area (Å²) in [5.41, 5.74) is -0.327. The number of benzene rings is 2. The number of amides is 2. The molecule has 11 nitrogen and oxygen atoms in total. The lowest BCUT2D eigenvalue weighted by Gasteiger charge is -2.34. The predicted octanol–water partition coefficient (Wildman–Crippen LogP) is 3.09. The zero-order valence-electron chi connectivity index (χ0n) is 21.9. The summed E-state index contributed by atoms with van der Waals surface area (Å²) in [5.74, 6) is -0.993. The van der Waals surface area contributed by atoms with E-state index in [1.165, 1.54) is 24.1 Å². The van der Waals surface area contributed by atoms with Crippen LogP contribution in [0.3, 0.4) is 0 Å². The van der Waals surface area contributed by atoms with Crippen LogP contribution in [0.15, 0.2) is 48.5 Å². The maximum atomic E-state index is 13.7. The van der Waals surface area contributed by atoms with Crippen molar-refractivity contribution in [2.75, 3.05) is 24.2 Å². The van der Waals surface area contributed by atoms with Gasteiger partial charge in [0.25, 0.3) is 5.69 Å². The van der Waals surface area contributed by atoms with Gasteiger partial charge in [0, 0.05) is 24.2 Å². The Morgan fingerprint density at radius 3 is 2.24 bits per heavy atom. The molecule has 0 saturated carbocycles. The number of methoxy groups -OCH3 is 1. The molecule has 2 aromatic rings. The molecule has 0 radical (unpaired) electrons. The van der Waals surface area contributed by atoms with E-state index in [1.54, 1.807) is 31.2 Å². The average molecular weight is 535 g/mol. The van der Waals surface area contributed by atoms with Gasteiger partial charge in [0.2, 0.25) is 21.8 Å². The third-order valence-corrected chi connectivity index (χ3v) is 6.53. The molecule has 0 unspecified atom stereocenters. The fourth-order valence-corrected chi connectivity index (χ4v) is 4.58. The molecule has 0 aromatic heterocycles. The van der Waals surface area contributed by atoms with Gasteiger partial charge in [-0.2, -0.15) is 0 Å². The van der Waals surface area contributed by atoms with Crippen LogP contribution in [0.25, 0.3) is 0 Å². The van der Waals surface area contributed by atoms with Gasteiger partial charge in [-0.3, -0.25) is 24.0 Å². The van der Waals surface area contributed by atoms with Crippen molar-refractivity contribution in [3.05, 3.63) is 64.2 Å². The van der Waals surface area contributed by atoms with Crippen LogP contribution in [0.1, 0.15) is 39.7 Å². The van der Waals surface area contributed by atoms with E-state index in [0.29, 0.717) is 0 Å². The van der Waals surface area contributed by atoms with Crippen molar-refractivity contribution in [1.82, 2.24) is 10.2 Å². The van der Waals surface area contributed by atoms with Crippen molar-refractivity contribution in [2.45, 2.75) is 52.2 Å². The molecule has 2 rings (SSSR count). The minimum atomic E-state index is -4.09. The molecule has 0 aliphatic rings. The molecule has 37 heavy (non-hydrogen) atoms. The van der Waals surface area contributed by atoms with E-state index in [2.05, 4.69) is 5.32 Å². The van der Waals surface area contributed by atoms with Crippen LogP contribution in [0.2, 0.25) is 0 Å². The van der Waals surface area contributed by atoms with E-state index in [0.717, 1.165) is 22.2 Å². The van der Waals surface area contributed by atoms with Crippen LogP contribution in [0.4, 0.5) is 11.4 Å². The van der Waals surface area contributed by atoms with Crippen molar-refractivity contribution in [2.24, 2.45) is 0 Å². The summed E-state index contributed by atoms with van der Waals surface area (Å²) in [6.07, 6.45) is 1.17. The van der Waals surface area contributed by atoms with Crippen LogP contribution in [-0.4, -0.2) is 61.5 Å². The quantitative estimate of drug-likeness (QED) is 0.345. The van der Waals surface area contributed by atoms with E-state index < -0.39 is 39.0 Å². The van der Waals surface area contributed by atoms with Crippen LogP contribution in [-0.2, 0) is 26.2 Å². The smallest absolute Gasteiger partial charge is 0.271 e. The number of ether oxygens (including phenoxy) is 1. The molecule has 12 heteroatoms. The number of sulfonamides is 1. The van der Waals surface area contributed by atoms with E-state index in [-0.39, 0.29) is 36.0 Å².